The first-order valence-corrected chi connectivity index (χ1v) is 12.0. The van der Waals surface area contributed by atoms with E-state index in [1.54, 1.807) is 0 Å². The van der Waals surface area contributed by atoms with Crippen LogP contribution in [0, 0.1) is 0 Å². The van der Waals surface area contributed by atoms with Crippen LogP contribution < -0.4 is 5.32 Å². The number of hydrogen-bond acceptors (Lipinski definition) is 16. The van der Waals surface area contributed by atoms with Crippen molar-refractivity contribution in [1.29, 1.82) is 0 Å². The van der Waals surface area contributed by atoms with Gasteiger partial charge in [-0.1, -0.05) is 0 Å². The fourth-order valence-corrected chi connectivity index (χ4v) is 4.54. The number of rotatable bonds is 9. The molecule has 17 nitrogen and oxygen atoms in total. The third-order valence-electron chi connectivity index (χ3n) is 6.69. The van der Waals surface area contributed by atoms with Crippen LogP contribution in [0.15, 0.2) is 0 Å². The number of aliphatic hydroxyl groups excluding tert-OH is 9. The monoisotopic (exact) mass is 559 g/mol. The Labute approximate surface area is 217 Å². The number of ether oxygens (including phenoxy) is 6. The number of methoxy groups -OCH3 is 1. The zero-order valence-corrected chi connectivity index (χ0v) is 20.7. The van der Waals surface area contributed by atoms with Crippen LogP contribution in [0.25, 0.3) is 0 Å². The molecule has 3 aliphatic heterocycles. The average Bonchev–Trinajstić information content (AvgIpc) is 2.89. The Hall–Kier alpha value is -1.13. The van der Waals surface area contributed by atoms with E-state index in [1.807, 2.05) is 0 Å². The minimum atomic E-state index is -1.81. The molecule has 0 unspecified atom stereocenters. The summed E-state index contributed by atoms with van der Waals surface area (Å²) in [5.74, 6) is -0.618. The van der Waals surface area contributed by atoms with Gasteiger partial charge in [0.2, 0.25) is 5.91 Å². The largest absolute Gasteiger partial charge is 0.394 e. The van der Waals surface area contributed by atoms with E-state index in [0.717, 1.165) is 6.92 Å². The van der Waals surface area contributed by atoms with Crippen LogP contribution in [0.5, 0.6) is 0 Å². The third kappa shape index (κ3) is 6.60. The van der Waals surface area contributed by atoms with Crippen molar-refractivity contribution in [3.63, 3.8) is 0 Å². The first-order valence-electron chi connectivity index (χ1n) is 12.0. The summed E-state index contributed by atoms with van der Waals surface area (Å²) in [5.41, 5.74) is 0. The van der Waals surface area contributed by atoms with Crippen molar-refractivity contribution in [3.05, 3.63) is 0 Å². The zero-order valence-electron chi connectivity index (χ0n) is 20.7. The molecule has 0 saturated carbocycles. The molecule has 15 atom stereocenters. The van der Waals surface area contributed by atoms with E-state index in [1.165, 1.54) is 7.11 Å². The van der Waals surface area contributed by atoms with Crippen molar-refractivity contribution in [3.8, 4) is 0 Å². The molecule has 222 valence electrons. The molecule has 0 aromatic carbocycles. The Morgan fingerprint density at radius 3 is 1.79 bits per heavy atom. The van der Waals surface area contributed by atoms with E-state index >= 15 is 0 Å². The van der Waals surface area contributed by atoms with Crippen molar-refractivity contribution >= 4 is 5.91 Å². The minimum absolute atomic E-state index is 0.478. The van der Waals surface area contributed by atoms with Gasteiger partial charge in [0.1, 0.15) is 73.2 Å². The lowest BCUT2D eigenvalue weighted by atomic mass is 9.95. The van der Waals surface area contributed by atoms with Crippen LogP contribution in [0.4, 0.5) is 0 Å². The van der Waals surface area contributed by atoms with Crippen molar-refractivity contribution in [2.75, 3.05) is 26.9 Å². The summed E-state index contributed by atoms with van der Waals surface area (Å²) in [7, 11) is 1.21. The molecule has 3 rings (SSSR count). The second-order valence-electron chi connectivity index (χ2n) is 9.32. The van der Waals surface area contributed by atoms with E-state index in [-0.39, 0.29) is 0 Å². The van der Waals surface area contributed by atoms with Crippen molar-refractivity contribution in [2.24, 2.45) is 0 Å². The van der Waals surface area contributed by atoms with Gasteiger partial charge in [0.05, 0.1) is 19.8 Å². The second-order valence-corrected chi connectivity index (χ2v) is 9.32. The number of hydrogen-bond donors (Lipinski definition) is 10. The smallest absolute Gasteiger partial charge is 0.217 e. The summed E-state index contributed by atoms with van der Waals surface area (Å²) < 4.78 is 32.5. The van der Waals surface area contributed by atoms with Gasteiger partial charge in [0.15, 0.2) is 18.9 Å². The highest BCUT2D eigenvalue weighted by atomic mass is 16.7. The van der Waals surface area contributed by atoms with Gasteiger partial charge in [-0.15, -0.1) is 0 Å². The predicted molar refractivity (Wildman–Crippen MR) is 118 cm³/mol. The Bertz CT molecular complexity index is 757. The molecular weight excluding hydrogens is 522 g/mol. The fourth-order valence-electron chi connectivity index (χ4n) is 4.54. The van der Waals surface area contributed by atoms with Gasteiger partial charge < -0.3 is 79.7 Å². The van der Waals surface area contributed by atoms with Crippen LogP contribution in [0.2, 0.25) is 0 Å². The summed E-state index contributed by atoms with van der Waals surface area (Å²) in [6.45, 7) is -0.822. The van der Waals surface area contributed by atoms with Crippen LogP contribution in [0.1, 0.15) is 6.92 Å². The van der Waals surface area contributed by atoms with E-state index in [2.05, 4.69) is 5.32 Å². The zero-order chi connectivity index (χ0) is 28.3. The number of aliphatic hydroxyl groups is 9. The van der Waals surface area contributed by atoms with E-state index in [4.69, 9.17) is 28.4 Å². The molecule has 3 heterocycles. The van der Waals surface area contributed by atoms with Gasteiger partial charge in [0, 0.05) is 14.0 Å². The quantitative estimate of drug-likeness (QED) is 0.126. The summed E-state index contributed by atoms with van der Waals surface area (Å²) in [4.78, 5) is 11.9. The Kier molecular flexibility index (Phi) is 11.1. The van der Waals surface area contributed by atoms with E-state index in [0.29, 0.717) is 0 Å². The molecule has 0 aliphatic carbocycles. The second kappa shape index (κ2) is 13.5. The number of amides is 1. The lowest BCUT2D eigenvalue weighted by molar-refractivity contribution is -0.352. The lowest BCUT2D eigenvalue weighted by Gasteiger charge is -2.47. The maximum Gasteiger partial charge on any atom is 0.217 e. The molecule has 17 heteroatoms. The molecule has 0 spiro atoms. The summed E-state index contributed by atoms with van der Waals surface area (Å²) in [6, 6.07) is -1.35. The van der Waals surface area contributed by atoms with E-state index in [9.17, 15) is 50.8 Å². The van der Waals surface area contributed by atoms with Crippen molar-refractivity contribution in [2.45, 2.75) is 99.0 Å². The molecule has 0 bridgehead atoms. The highest BCUT2D eigenvalue weighted by Gasteiger charge is 2.52. The molecule has 0 aromatic heterocycles. The highest BCUT2D eigenvalue weighted by molar-refractivity contribution is 5.73. The van der Waals surface area contributed by atoms with Crippen molar-refractivity contribution < 1.29 is 79.2 Å². The van der Waals surface area contributed by atoms with Crippen molar-refractivity contribution in [1.82, 2.24) is 5.32 Å². The summed E-state index contributed by atoms with van der Waals surface area (Å²) in [6.07, 6.45) is -21.5. The Morgan fingerprint density at radius 1 is 0.711 bits per heavy atom. The van der Waals surface area contributed by atoms with Gasteiger partial charge in [-0.2, -0.15) is 0 Å². The van der Waals surface area contributed by atoms with Gasteiger partial charge in [-0.25, -0.2) is 0 Å². The number of carbonyl (C=O) groups is 1. The Morgan fingerprint density at radius 2 is 1.24 bits per heavy atom. The van der Waals surface area contributed by atoms with Gasteiger partial charge in [-0.05, 0) is 0 Å². The molecule has 0 aromatic rings. The van der Waals surface area contributed by atoms with Crippen LogP contribution in [-0.2, 0) is 33.2 Å². The molecule has 3 saturated heterocycles. The predicted octanol–water partition coefficient (Wildman–Crippen LogP) is -6.78. The molecule has 3 aliphatic rings. The fraction of sp³-hybridized carbons (Fsp3) is 0.952. The third-order valence-corrected chi connectivity index (χ3v) is 6.69. The molecule has 10 N–H and O–H groups in total. The average molecular weight is 560 g/mol. The molecular formula is C21H37NO16. The SMILES string of the molecule is CO[C@H]1O[C@H](CO[C@@H]2O[C@H](CO)[C@@H](O[C@@H]3O[C@H](CO)[C@H](O)[C@H](O)[C@H]3O)[C@H](O)[C@H]2NC(C)=O)[C@@H](O)[C@H](O)[C@H]1O. The Balaban J connectivity index is 1.74. The van der Waals surface area contributed by atoms with Crippen LogP contribution in [0.3, 0.4) is 0 Å². The number of nitrogens with one attached hydrogen (secondary N) is 1. The first-order chi connectivity index (χ1) is 17.9. The maximum atomic E-state index is 11.9. The summed E-state index contributed by atoms with van der Waals surface area (Å²) >= 11 is 0. The van der Waals surface area contributed by atoms with Crippen LogP contribution in [-0.4, -0.2) is 171 Å². The molecule has 3 fully saturated rings. The normalized spacial score (nSPS) is 48.0. The maximum absolute atomic E-state index is 11.9. The summed E-state index contributed by atoms with van der Waals surface area (Å²) in [5, 5.41) is 93.3. The van der Waals surface area contributed by atoms with Gasteiger partial charge in [0.25, 0.3) is 0 Å². The number of carbonyl (C=O) groups excluding carboxylic acids is 1. The first kappa shape index (κ1) is 31.4. The van der Waals surface area contributed by atoms with Crippen LogP contribution >= 0.6 is 0 Å². The highest BCUT2D eigenvalue weighted by Crippen LogP contribution is 2.30. The lowest BCUT2D eigenvalue weighted by Crippen LogP contribution is -2.68. The molecule has 0 radical (unpaired) electrons. The van der Waals surface area contributed by atoms with Gasteiger partial charge >= 0.3 is 0 Å². The topological polar surface area (TPSA) is 267 Å². The standard InChI is InChI=1S/C21H37NO16/c1-6(25)22-10-13(28)18(38-21-17(32)14(29)11(26)7(3-23)35-21)8(4-24)36-19(10)34-5-9-12(27)15(30)16(31)20(33-2)37-9/h7-21,23-24,26-32H,3-5H2,1-2H3,(H,22,25)/t7-,8-,9-,10-,11+,12-,13-,14+,15+,16-,17-,18-,19-,20+,21+/m1/s1. The van der Waals surface area contributed by atoms with E-state index < -0.39 is 118 Å². The molecule has 1 amide bonds. The molecule has 38 heavy (non-hydrogen) atoms. The van der Waals surface area contributed by atoms with Gasteiger partial charge in [-0.3, -0.25) is 4.79 Å². The minimum Gasteiger partial charge on any atom is -0.394 e.